The van der Waals surface area contributed by atoms with E-state index in [1.165, 1.54) is 0 Å². The molecular formula is C12H12N2. The van der Waals surface area contributed by atoms with Crippen molar-refractivity contribution in [3.05, 3.63) is 34.9 Å². The Balaban J connectivity index is 3.09. The second-order valence-electron chi connectivity index (χ2n) is 3.44. The van der Waals surface area contributed by atoms with Crippen molar-refractivity contribution < 1.29 is 0 Å². The molecule has 0 aliphatic heterocycles. The fourth-order valence-electron chi connectivity index (χ4n) is 1.41. The molecule has 70 valence electrons. The highest BCUT2D eigenvalue weighted by Gasteiger charge is 2.05. The molecule has 1 aromatic rings. The maximum absolute atomic E-state index is 8.78. The molecule has 2 heteroatoms. The summed E-state index contributed by atoms with van der Waals surface area (Å²) in [6, 6.07) is 10.2. The predicted molar refractivity (Wildman–Crippen MR) is 54.5 cm³/mol. The highest BCUT2D eigenvalue weighted by Crippen LogP contribution is 2.18. The highest BCUT2D eigenvalue weighted by atomic mass is 14.3. The van der Waals surface area contributed by atoms with Gasteiger partial charge >= 0.3 is 0 Å². The largest absolute Gasteiger partial charge is 0.198 e. The number of hydrogen-bond acceptors (Lipinski definition) is 2. The van der Waals surface area contributed by atoms with Crippen molar-refractivity contribution in [2.24, 2.45) is 0 Å². The van der Waals surface area contributed by atoms with Crippen molar-refractivity contribution in [3.8, 4) is 12.1 Å². The lowest BCUT2D eigenvalue weighted by Crippen LogP contribution is -1.93. The zero-order valence-electron chi connectivity index (χ0n) is 8.41. The first kappa shape index (κ1) is 10.3. The molecule has 0 fully saturated rings. The molecule has 0 spiro atoms. The summed E-state index contributed by atoms with van der Waals surface area (Å²) in [5, 5.41) is 17.4. The van der Waals surface area contributed by atoms with E-state index in [-0.39, 0.29) is 5.92 Å². The predicted octanol–water partition coefficient (Wildman–Crippen LogP) is 2.69. The smallest absolute Gasteiger partial charge is 0.0700 e. The van der Waals surface area contributed by atoms with Gasteiger partial charge in [-0.05, 0) is 25.0 Å². The number of aryl methyl sites for hydroxylation is 1. The Hall–Kier alpha value is -1.80. The second kappa shape index (κ2) is 4.44. The van der Waals surface area contributed by atoms with E-state index >= 15 is 0 Å². The first-order chi connectivity index (χ1) is 6.67. The van der Waals surface area contributed by atoms with E-state index in [9.17, 15) is 0 Å². The van der Waals surface area contributed by atoms with Crippen molar-refractivity contribution in [1.29, 1.82) is 10.5 Å². The van der Waals surface area contributed by atoms with Crippen molar-refractivity contribution in [1.82, 2.24) is 0 Å². The first-order valence-corrected chi connectivity index (χ1v) is 4.54. The molecule has 0 saturated carbocycles. The summed E-state index contributed by atoms with van der Waals surface area (Å²) in [7, 11) is 0. The SMILES string of the molecule is Cc1cc(CC#N)cc(C(C)C#N)c1. The van der Waals surface area contributed by atoms with Gasteiger partial charge in [-0.3, -0.25) is 0 Å². The Morgan fingerprint density at radius 1 is 1.29 bits per heavy atom. The lowest BCUT2D eigenvalue weighted by molar-refractivity contribution is 0.972. The quantitative estimate of drug-likeness (QED) is 0.709. The summed E-state index contributed by atoms with van der Waals surface area (Å²) in [4.78, 5) is 0. The minimum absolute atomic E-state index is 0.104. The first-order valence-electron chi connectivity index (χ1n) is 4.54. The number of nitriles is 2. The summed E-state index contributed by atoms with van der Waals surface area (Å²) >= 11 is 0. The average molecular weight is 184 g/mol. The van der Waals surface area contributed by atoms with Gasteiger partial charge in [0.15, 0.2) is 0 Å². The van der Waals surface area contributed by atoms with Crippen molar-refractivity contribution in [2.75, 3.05) is 0 Å². The van der Waals surface area contributed by atoms with Gasteiger partial charge in [-0.25, -0.2) is 0 Å². The van der Waals surface area contributed by atoms with Crippen LogP contribution in [0.15, 0.2) is 18.2 Å². The monoisotopic (exact) mass is 184 g/mol. The van der Waals surface area contributed by atoms with Crippen LogP contribution in [-0.4, -0.2) is 0 Å². The number of benzene rings is 1. The summed E-state index contributed by atoms with van der Waals surface area (Å²) in [6.07, 6.45) is 0.410. The Morgan fingerprint density at radius 3 is 2.57 bits per heavy atom. The molecule has 0 aliphatic carbocycles. The summed E-state index contributed by atoms with van der Waals surface area (Å²) < 4.78 is 0. The third-order valence-corrected chi connectivity index (χ3v) is 2.14. The molecule has 0 saturated heterocycles. The molecule has 0 aromatic heterocycles. The van der Waals surface area contributed by atoms with Gasteiger partial charge in [-0.15, -0.1) is 0 Å². The Kier molecular flexibility index (Phi) is 3.26. The van der Waals surface area contributed by atoms with E-state index in [2.05, 4.69) is 12.1 Å². The van der Waals surface area contributed by atoms with Crippen molar-refractivity contribution >= 4 is 0 Å². The van der Waals surface area contributed by atoms with E-state index in [0.29, 0.717) is 6.42 Å². The number of rotatable bonds is 2. The van der Waals surface area contributed by atoms with Crippen LogP contribution < -0.4 is 0 Å². The van der Waals surface area contributed by atoms with E-state index in [4.69, 9.17) is 10.5 Å². The van der Waals surface area contributed by atoms with Crippen LogP contribution in [0.4, 0.5) is 0 Å². The van der Waals surface area contributed by atoms with Gasteiger partial charge in [0, 0.05) is 0 Å². The lowest BCUT2D eigenvalue weighted by atomic mass is 9.97. The fraction of sp³-hybridized carbons (Fsp3) is 0.333. The average Bonchev–Trinajstić information content (AvgIpc) is 2.16. The molecule has 1 aromatic carbocycles. The van der Waals surface area contributed by atoms with Gasteiger partial charge in [-0.2, -0.15) is 10.5 Å². The molecule has 0 bridgehead atoms. The zero-order valence-corrected chi connectivity index (χ0v) is 8.41. The van der Waals surface area contributed by atoms with E-state index in [1.807, 2.05) is 32.0 Å². The Labute approximate surface area is 84.4 Å². The molecular weight excluding hydrogens is 172 g/mol. The third-order valence-electron chi connectivity index (χ3n) is 2.14. The van der Waals surface area contributed by atoms with Crippen LogP contribution in [0.2, 0.25) is 0 Å². The maximum atomic E-state index is 8.78. The van der Waals surface area contributed by atoms with Crippen LogP contribution in [0.3, 0.4) is 0 Å². The van der Waals surface area contributed by atoms with Gasteiger partial charge in [0.25, 0.3) is 0 Å². The molecule has 0 heterocycles. The van der Waals surface area contributed by atoms with Crippen LogP contribution in [0.1, 0.15) is 29.5 Å². The molecule has 0 amide bonds. The minimum atomic E-state index is -0.104. The van der Waals surface area contributed by atoms with E-state index in [0.717, 1.165) is 16.7 Å². The molecule has 1 atom stereocenters. The molecule has 14 heavy (non-hydrogen) atoms. The Morgan fingerprint density at radius 2 is 2.00 bits per heavy atom. The number of hydrogen-bond donors (Lipinski definition) is 0. The zero-order chi connectivity index (χ0) is 10.6. The van der Waals surface area contributed by atoms with E-state index in [1.54, 1.807) is 0 Å². The second-order valence-corrected chi connectivity index (χ2v) is 3.44. The van der Waals surface area contributed by atoms with Gasteiger partial charge in [0.2, 0.25) is 0 Å². The fourth-order valence-corrected chi connectivity index (χ4v) is 1.41. The topological polar surface area (TPSA) is 47.6 Å². The van der Waals surface area contributed by atoms with Crippen LogP contribution in [0, 0.1) is 29.6 Å². The maximum Gasteiger partial charge on any atom is 0.0700 e. The van der Waals surface area contributed by atoms with Crippen LogP contribution >= 0.6 is 0 Å². The molecule has 2 nitrogen and oxygen atoms in total. The standard InChI is InChI=1S/C12H12N2/c1-9-5-11(3-4-13)7-12(6-9)10(2)8-14/h5-7,10H,3H2,1-2H3. The van der Waals surface area contributed by atoms with Crippen molar-refractivity contribution in [2.45, 2.75) is 26.2 Å². The lowest BCUT2D eigenvalue weighted by Gasteiger charge is -2.06. The Bertz CT molecular complexity index is 407. The third kappa shape index (κ3) is 2.34. The number of nitrogens with zero attached hydrogens (tertiary/aromatic N) is 2. The molecule has 0 radical (unpaired) electrons. The summed E-state index contributed by atoms with van der Waals surface area (Å²) in [6.45, 7) is 3.85. The molecule has 1 rings (SSSR count). The van der Waals surface area contributed by atoms with Gasteiger partial charge in [0.05, 0.1) is 24.5 Å². The van der Waals surface area contributed by atoms with Gasteiger partial charge in [0.1, 0.15) is 0 Å². The minimum Gasteiger partial charge on any atom is -0.198 e. The summed E-state index contributed by atoms with van der Waals surface area (Å²) in [5.41, 5.74) is 3.09. The normalized spacial score (nSPS) is 11.4. The summed E-state index contributed by atoms with van der Waals surface area (Å²) in [5.74, 6) is -0.104. The van der Waals surface area contributed by atoms with Gasteiger partial charge < -0.3 is 0 Å². The van der Waals surface area contributed by atoms with Gasteiger partial charge in [-0.1, -0.05) is 23.8 Å². The molecule has 0 aliphatic rings. The highest BCUT2D eigenvalue weighted by molar-refractivity contribution is 5.34. The van der Waals surface area contributed by atoms with E-state index < -0.39 is 0 Å². The van der Waals surface area contributed by atoms with Crippen LogP contribution in [-0.2, 0) is 6.42 Å². The van der Waals surface area contributed by atoms with Crippen LogP contribution in [0.5, 0.6) is 0 Å². The van der Waals surface area contributed by atoms with Crippen molar-refractivity contribution in [3.63, 3.8) is 0 Å². The molecule has 0 N–H and O–H groups in total. The molecule has 1 unspecified atom stereocenters. The van der Waals surface area contributed by atoms with Crippen LogP contribution in [0.25, 0.3) is 0 Å².